The van der Waals surface area contributed by atoms with Crippen LogP contribution in [0, 0.1) is 6.92 Å². The van der Waals surface area contributed by atoms with Gasteiger partial charge in [0.05, 0.1) is 0 Å². The molecule has 0 atom stereocenters. The Kier molecular flexibility index (Phi) is 3.98. The van der Waals surface area contributed by atoms with Crippen LogP contribution in [0.3, 0.4) is 0 Å². The number of aryl methyl sites for hydroxylation is 1. The van der Waals surface area contributed by atoms with Gasteiger partial charge in [-0.1, -0.05) is 13.0 Å². The van der Waals surface area contributed by atoms with Crippen molar-refractivity contribution in [1.82, 2.24) is 0 Å². The second kappa shape index (κ2) is 4.88. The van der Waals surface area contributed by atoms with E-state index in [9.17, 15) is 0 Å². The number of benzene rings is 1. The molecule has 0 heterocycles. The van der Waals surface area contributed by atoms with Crippen LogP contribution in [-0.2, 0) is 6.54 Å². The topological polar surface area (TPSA) is 29.3 Å². The van der Waals surface area contributed by atoms with Gasteiger partial charge in [-0.3, -0.25) is 0 Å². The normalized spacial score (nSPS) is 11.6. The minimum atomic E-state index is 0.191. The van der Waals surface area contributed by atoms with Crippen LogP contribution in [-0.4, -0.2) is 12.6 Å². The van der Waals surface area contributed by atoms with Gasteiger partial charge in [0.1, 0.15) is 0 Å². The Bertz CT molecular complexity index is 356. The lowest BCUT2D eigenvalue weighted by molar-refractivity contribution is 0.470. The second-order valence-corrected chi connectivity index (χ2v) is 5.04. The third-order valence-corrected chi connectivity index (χ3v) is 3.71. The summed E-state index contributed by atoms with van der Waals surface area (Å²) in [6.45, 7) is 9.49. The highest BCUT2D eigenvalue weighted by Gasteiger charge is 2.21. The van der Waals surface area contributed by atoms with Gasteiger partial charge in [0.25, 0.3) is 0 Å². The molecule has 0 amide bonds. The van der Waals surface area contributed by atoms with Gasteiger partial charge in [0.15, 0.2) is 0 Å². The van der Waals surface area contributed by atoms with E-state index in [0.717, 1.165) is 6.42 Å². The lowest BCUT2D eigenvalue weighted by Crippen LogP contribution is -2.40. The summed E-state index contributed by atoms with van der Waals surface area (Å²) in [5.74, 6) is 0. The molecule has 0 aliphatic carbocycles. The molecule has 2 nitrogen and oxygen atoms in total. The third kappa shape index (κ3) is 2.56. The standard InChI is InChI=1S/C14H24N2/c1-6-14(3,4)16(5)13-8-7-12(10-15)11(2)9-13/h7-9H,6,10,15H2,1-5H3. The Morgan fingerprint density at radius 3 is 2.38 bits per heavy atom. The van der Waals surface area contributed by atoms with Crippen molar-refractivity contribution in [3.8, 4) is 0 Å². The van der Waals surface area contributed by atoms with Crippen molar-refractivity contribution in [3.63, 3.8) is 0 Å². The molecule has 1 rings (SSSR count). The summed E-state index contributed by atoms with van der Waals surface area (Å²) in [5, 5.41) is 0. The van der Waals surface area contributed by atoms with Gasteiger partial charge in [0.2, 0.25) is 0 Å². The number of hydrogen-bond acceptors (Lipinski definition) is 2. The first kappa shape index (κ1) is 13.0. The Balaban J connectivity index is 3.02. The molecule has 0 bridgehead atoms. The van der Waals surface area contributed by atoms with Gasteiger partial charge in [0, 0.05) is 24.8 Å². The summed E-state index contributed by atoms with van der Waals surface area (Å²) in [6.07, 6.45) is 1.13. The zero-order valence-corrected chi connectivity index (χ0v) is 11.2. The maximum atomic E-state index is 5.68. The minimum absolute atomic E-state index is 0.191. The van der Waals surface area contributed by atoms with Gasteiger partial charge in [-0.05, 0) is 50.5 Å². The maximum Gasteiger partial charge on any atom is 0.0370 e. The van der Waals surface area contributed by atoms with E-state index in [1.54, 1.807) is 0 Å². The summed E-state index contributed by atoms with van der Waals surface area (Å²) in [4.78, 5) is 2.33. The van der Waals surface area contributed by atoms with E-state index in [1.807, 2.05) is 0 Å². The number of nitrogens with two attached hydrogens (primary N) is 1. The van der Waals surface area contributed by atoms with Crippen molar-refractivity contribution >= 4 is 5.69 Å². The molecule has 0 aliphatic rings. The highest BCUT2D eigenvalue weighted by Crippen LogP contribution is 2.26. The number of rotatable bonds is 4. The van der Waals surface area contributed by atoms with Gasteiger partial charge >= 0.3 is 0 Å². The zero-order valence-electron chi connectivity index (χ0n) is 11.2. The Morgan fingerprint density at radius 2 is 1.94 bits per heavy atom. The fourth-order valence-corrected chi connectivity index (χ4v) is 1.70. The van der Waals surface area contributed by atoms with Crippen molar-refractivity contribution in [2.75, 3.05) is 11.9 Å². The summed E-state index contributed by atoms with van der Waals surface area (Å²) >= 11 is 0. The maximum absolute atomic E-state index is 5.68. The van der Waals surface area contributed by atoms with Gasteiger partial charge < -0.3 is 10.6 Å². The van der Waals surface area contributed by atoms with Gasteiger partial charge in [-0.15, -0.1) is 0 Å². The van der Waals surface area contributed by atoms with Crippen LogP contribution in [0.25, 0.3) is 0 Å². The van der Waals surface area contributed by atoms with Gasteiger partial charge in [-0.25, -0.2) is 0 Å². The first-order valence-corrected chi connectivity index (χ1v) is 5.95. The predicted octanol–water partition coefficient (Wildman–Crippen LogP) is 3.08. The Hall–Kier alpha value is -1.02. The predicted molar refractivity (Wildman–Crippen MR) is 71.8 cm³/mol. The number of hydrogen-bond donors (Lipinski definition) is 1. The van der Waals surface area contributed by atoms with E-state index in [0.29, 0.717) is 6.54 Å². The van der Waals surface area contributed by atoms with E-state index in [-0.39, 0.29) is 5.54 Å². The second-order valence-electron chi connectivity index (χ2n) is 5.04. The summed E-state index contributed by atoms with van der Waals surface area (Å²) in [5.41, 5.74) is 9.64. The van der Waals surface area contributed by atoms with E-state index in [4.69, 9.17) is 5.73 Å². The molecule has 16 heavy (non-hydrogen) atoms. The molecule has 1 aromatic carbocycles. The monoisotopic (exact) mass is 220 g/mol. The highest BCUT2D eigenvalue weighted by molar-refractivity contribution is 5.52. The minimum Gasteiger partial charge on any atom is -0.369 e. The zero-order chi connectivity index (χ0) is 12.3. The quantitative estimate of drug-likeness (QED) is 0.845. The average Bonchev–Trinajstić information content (AvgIpc) is 2.27. The molecule has 0 fully saturated rings. The van der Waals surface area contributed by atoms with Crippen LogP contribution >= 0.6 is 0 Å². The highest BCUT2D eigenvalue weighted by atomic mass is 15.2. The summed E-state index contributed by atoms with van der Waals surface area (Å²) < 4.78 is 0. The SMILES string of the molecule is CCC(C)(C)N(C)c1ccc(CN)c(C)c1. The lowest BCUT2D eigenvalue weighted by Gasteiger charge is -2.37. The van der Waals surface area contributed by atoms with Crippen molar-refractivity contribution in [2.45, 2.75) is 46.2 Å². The van der Waals surface area contributed by atoms with Crippen LogP contribution in [0.1, 0.15) is 38.3 Å². The smallest absolute Gasteiger partial charge is 0.0370 e. The van der Waals surface area contributed by atoms with E-state index in [2.05, 4.69) is 57.8 Å². The van der Waals surface area contributed by atoms with Crippen LogP contribution in [0.5, 0.6) is 0 Å². The van der Waals surface area contributed by atoms with Crippen molar-refractivity contribution in [3.05, 3.63) is 29.3 Å². The van der Waals surface area contributed by atoms with Crippen LogP contribution in [0.15, 0.2) is 18.2 Å². The lowest BCUT2D eigenvalue weighted by atomic mass is 9.98. The molecule has 0 aromatic heterocycles. The third-order valence-electron chi connectivity index (χ3n) is 3.71. The Labute approximate surface area is 99.5 Å². The van der Waals surface area contributed by atoms with Gasteiger partial charge in [-0.2, -0.15) is 0 Å². The molecular weight excluding hydrogens is 196 g/mol. The first-order valence-electron chi connectivity index (χ1n) is 5.95. The fourth-order valence-electron chi connectivity index (χ4n) is 1.70. The van der Waals surface area contributed by atoms with E-state index >= 15 is 0 Å². The first-order chi connectivity index (χ1) is 7.42. The molecule has 0 unspecified atom stereocenters. The summed E-state index contributed by atoms with van der Waals surface area (Å²) in [7, 11) is 2.15. The molecule has 0 aliphatic heterocycles. The van der Waals surface area contributed by atoms with Crippen LogP contribution in [0.4, 0.5) is 5.69 Å². The molecular formula is C14H24N2. The van der Waals surface area contributed by atoms with Crippen LogP contribution in [0.2, 0.25) is 0 Å². The molecule has 0 spiro atoms. The fraction of sp³-hybridized carbons (Fsp3) is 0.571. The molecule has 1 aromatic rings. The number of anilines is 1. The molecule has 0 saturated heterocycles. The van der Waals surface area contributed by atoms with Crippen molar-refractivity contribution in [1.29, 1.82) is 0 Å². The number of nitrogens with zero attached hydrogens (tertiary/aromatic N) is 1. The van der Waals surface area contributed by atoms with E-state index in [1.165, 1.54) is 16.8 Å². The molecule has 0 radical (unpaired) electrons. The summed E-state index contributed by atoms with van der Waals surface area (Å²) in [6, 6.07) is 6.51. The molecule has 90 valence electrons. The van der Waals surface area contributed by atoms with E-state index < -0.39 is 0 Å². The largest absolute Gasteiger partial charge is 0.369 e. The molecule has 2 heteroatoms. The molecule has 0 saturated carbocycles. The average molecular weight is 220 g/mol. The Morgan fingerprint density at radius 1 is 1.31 bits per heavy atom. The van der Waals surface area contributed by atoms with Crippen molar-refractivity contribution in [2.24, 2.45) is 5.73 Å². The van der Waals surface area contributed by atoms with Crippen molar-refractivity contribution < 1.29 is 0 Å². The molecule has 2 N–H and O–H groups in total. The van der Waals surface area contributed by atoms with Crippen LogP contribution < -0.4 is 10.6 Å².